The SMILES string of the molecule is CCOc1ccc(S(=O)(=O)NC2CCN(C(=O)c3ccc(OC)cc3)CC2)cc1. The molecule has 0 unspecified atom stereocenters. The monoisotopic (exact) mass is 418 g/mol. The molecule has 0 spiro atoms. The normalized spacial score (nSPS) is 15.2. The molecule has 3 rings (SSSR count). The Morgan fingerprint density at radius 1 is 1.03 bits per heavy atom. The van der Waals surface area contributed by atoms with E-state index in [4.69, 9.17) is 9.47 Å². The van der Waals surface area contributed by atoms with E-state index in [0.29, 0.717) is 49.6 Å². The first-order valence-corrected chi connectivity index (χ1v) is 11.1. The molecule has 0 radical (unpaired) electrons. The topological polar surface area (TPSA) is 84.9 Å². The van der Waals surface area contributed by atoms with Crippen molar-refractivity contribution in [2.75, 3.05) is 26.8 Å². The molecule has 0 atom stereocenters. The molecule has 1 N–H and O–H groups in total. The van der Waals surface area contributed by atoms with E-state index in [9.17, 15) is 13.2 Å². The predicted octanol–water partition coefficient (Wildman–Crippen LogP) is 2.68. The largest absolute Gasteiger partial charge is 0.497 e. The van der Waals surface area contributed by atoms with Gasteiger partial charge in [-0.2, -0.15) is 0 Å². The number of sulfonamides is 1. The molecule has 1 heterocycles. The molecule has 1 amide bonds. The van der Waals surface area contributed by atoms with Crippen molar-refractivity contribution in [1.82, 2.24) is 9.62 Å². The first-order valence-electron chi connectivity index (χ1n) is 9.61. The van der Waals surface area contributed by atoms with Gasteiger partial charge in [0.05, 0.1) is 18.6 Å². The molecule has 7 nitrogen and oxygen atoms in total. The standard InChI is InChI=1S/C21H26N2O5S/c1-3-28-19-8-10-20(11-9-19)29(25,26)22-17-12-14-23(15-13-17)21(24)16-4-6-18(27-2)7-5-16/h4-11,17,22H,3,12-15H2,1-2H3. The van der Waals surface area contributed by atoms with Gasteiger partial charge in [-0.3, -0.25) is 4.79 Å². The summed E-state index contributed by atoms with van der Waals surface area (Å²) in [5.41, 5.74) is 0.596. The van der Waals surface area contributed by atoms with Gasteiger partial charge in [-0.05, 0) is 68.3 Å². The Morgan fingerprint density at radius 2 is 1.62 bits per heavy atom. The van der Waals surface area contributed by atoms with Crippen LogP contribution in [-0.4, -0.2) is 52.1 Å². The number of piperidine rings is 1. The van der Waals surface area contributed by atoms with Crippen LogP contribution in [0.15, 0.2) is 53.4 Å². The number of rotatable bonds is 7. The molecule has 0 aromatic heterocycles. The van der Waals surface area contributed by atoms with Crippen LogP contribution >= 0.6 is 0 Å². The molecule has 156 valence electrons. The van der Waals surface area contributed by atoms with E-state index in [-0.39, 0.29) is 16.8 Å². The molecule has 0 bridgehead atoms. The van der Waals surface area contributed by atoms with Gasteiger partial charge < -0.3 is 14.4 Å². The van der Waals surface area contributed by atoms with E-state index in [2.05, 4.69) is 4.72 Å². The summed E-state index contributed by atoms with van der Waals surface area (Å²) in [5, 5.41) is 0. The number of methoxy groups -OCH3 is 1. The number of amides is 1. The Morgan fingerprint density at radius 3 is 2.17 bits per heavy atom. The van der Waals surface area contributed by atoms with Gasteiger partial charge in [0.1, 0.15) is 11.5 Å². The van der Waals surface area contributed by atoms with Crippen LogP contribution in [-0.2, 0) is 10.0 Å². The quantitative estimate of drug-likeness (QED) is 0.747. The van der Waals surface area contributed by atoms with Crippen molar-refractivity contribution in [3.05, 3.63) is 54.1 Å². The van der Waals surface area contributed by atoms with Crippen molar-refractivity contribution in [1.29, 1.82) is 0 Å². The molecular weight excluding hydrogens is 392 g/mol. The van der Waals surface area contributed by atoms with Gasteiger partial charge in [-0.15, -0.1) is 0 Å². The second kappa shape index (κ2) is 9.28. The molecule has 0 saturated carbocycles. The lowest BCUT2D eigenvalue weighted by molar-refractivity contribution is 0.0711. The average Bonchev–Trinajstić information content (AvgIpc) is 2.74. The Hall–Kier alpha value is -2.58. The van der Waals surface area contributed by atoms with Crippen molar-refractivity contribution in [3.8, 4) is 11.5 Å². The van der Waals surface area contributed by atoms with Crippen molar-refractivity contribution < 1.29 is 22.7 Å². The van der Waals surface area contributed by atoms with Crippen LogP contribution in [0.4, 0.5) is 0 Å². The third kappa shape index (κ3) is 5.27. The lowest BCUT2D eigenvalue weighted by Gasteiger charge is -2.32. The zero-order chi connectivity index (χ0) is 20.9. The molecule has 1 saturated heterocycles. The maximum Gasteiger partial charge on any atom is 0.253 e. The van der Waals surface area contributed by atoms with Crippen LogP contribution in [0.5, 0.6) is 11.5 Å². The zero-order valence-electron chi connectivity index (χ0n) is 16.6. The number of likely N-dealkylation sites (tertiary alicyclic amines) is 1. The summed E-state index contributed by atoms with van der Waals surface area (Å²) in [5.74, 6) is 1.28. The summed E-state index contributed by atoms with van der Waals surface area (Å²) in [4.78, 5) is 14.6. The minimum Gasteiger partial charge on any atom is -0.497 e. The highest BCUT2D eigenvalue weighted by Gasteiger charge is 2.27. The highest BCUT2D eigenvalue weighted by Crippen LogP contribution is 2.20. The summed E-state index contributed by atoms with van der Waals surface area (Å²) in [6.07, 6.45) is 1.14. The van der Waals surface area contributed by atoms with Crippen molar-refractivity contribution in [3.63, 3.8) is 0 Å². The van der Waals surface area contributed by atoms with Gasteiger partial charge >= 0.3 is 0 Å². The third-order valence-electron chi connectivity index (χ3n) is 4.89. The molecule has 29 heavy (non-hydrogen) atoms. The molecule has 8 heteroatoms. The minimum atomic E-state index is -3.61. The molecular formula is C21H26N2O5S. The Bertz CT molecular complexity index is 919. The summed E-state index contributed by atoms with van der Waals surface area (Å²) in [6, 6.07) is 13.2. The molecule has 0 aliphatic carbocycles. The van der Waals surface area contributed by atoms with Gasteiger partial charge in [-0.25, -0.2) is 13.1 Å². The first-order chi connectivity index (χ1) is 13.9. The highest BCUT2D eigenvalue weighted by molar-refractivity contribution is 7.89. The van der Waals surface area contributed by atoms with Crippen molar-refractivity contribution >= 4 is 15.9 Å². The maximum atomic E-state index is 12.6. The van der Waals surface area contributed by atoms with Crippen LogP contribution in [0.2, 0.25) is 0 Å². The maximum absolute atomic E-state index is 12.6. The molecule has 1 fully saturated rings. The number of hydrogen-bond acceptors (Lipinski definition) is 5. The number of nitrogens with zero attached hydrogens (tertiary/aromatic N) is 1. The van der Waals surface area contributed by atoms with Crippen LogP contribution in [0.25, 0.3) is 0 Å². The smallest absolute Gasteiger partial charge is 0.253 e. The second-order valence-electron chi connectivity index (χ2n) is 6.82. The molecule has 2 aromatic rings. The number of carbonyl (C=O) groups excluding carboxylic acids is 1. The summed E-state index contributed by atoms with van der Waals surface area (Å²) in [6.45, 7) is 3.40. The number of hydrogen-bond donors (Lipinski definition) is 1. The zero-order valence-corrected chi connectivity index (χ0v) is 17.4. The average molecular weight is 419 g/mol. The minimum absolute atomic E-state index is 0.0551. The van der Waals surface area contributed by atoms with Gasteiger partial charge in [0.25, 0.3) is 5.91 Å². The van der Waals surface area contributed by atoms with E-state index in [0.717, 1.165) is 0 Å². The second-order valence-corrected chi connectivity index (χ2v) is 8.53. The van der Waals surface area contributed by atoms with E-state index < -0.39 is 10.0 Å². The van der Waals surface area contributed by atoms with E-state index in [1.165, 1.54) is 12.1 Å². The Kier molecular flexibility index (Phi) is 6.76. The highest BCUT2D eigenvalue weighted by atomic mass is 32.2. The van der Waals surface area contributed by atoms with Crippen LogP contribution in [0.3, 0.4) is 0 Å². The number of benzene rings is 2. The van der Waals surface area contributed by atoms with E-state index in [1.54, 1.807) is 48.4 Å². The first kappa shape index (κ1) is 21.1. The summed E-state index contributed by atoms with van der Waals surface area (Å²) < 4.78 is 38.5. The van der Waals surface area contributed by atoms with Gasteiger partial charge in [0.2, 0.25) is 10.0 Å². The lowest BCUT2D eigenvalue weighted by Crippen LogP contribution is -2.46. The van der Waals surface area contributed by atoms with Crippen LogP contribution < -0.4 is 14.2 Å². The van der Waals surface area contributed by atoms with Gasteiger partial charge in [0.15, 0.2) is 0 Å². The van der Waals surface area contributed by atoms with Gasteiger partial charge in [0, 0.05) is 24.7 Å². The summed E-state index contributed by atoms with van der Waals surface area (Å²) in [7, 11) is -2.03. The van der Waals surface area contributed by atoms with Crippen LogP contribution in [0.1, 0.15) is 30.1 Å². The molecule has 1 aliphatic rings. The lowest BCUT2D eigenvalue weighted by atomic mass is 10.0. The number of nitrogens with one attached hydrogen (secondary N) is 1. The number of ether oxygens (including phenoxy) is 2. The van der Waals surface area contributed by atoms with E-state index >= 15 is 0 Å². The predicted molar refractivity (Wildman–Crippen MR) is 110 cm³/mol. The van der Waals surface area contributed by atoms with Crippen molar-refractivity contribution in [2.45, 2.75) is 30.7 Å². The molecule has 1 aliphatic heterocycles. The fraction of sp³-hybridized carbons (Fsp3) is 0.381. The number of carbonyl (C=O) groups is 1. The fourth-order valence-electron chi connectivity index (χ4n) is 3.29. The summed E-state index contributed by atoms with van der Waals surface area (Å²) >= 11 is 0. The van der Waals surface area contributed by atoms with E-state index in [1.807, 2.05) is 6.92 Å². The third-order valence-corrected chi connectivity index (χ3v) is 6.42. The fourth-order valence-corrected chi connectivity index (χ4v) is 4.59. The Balaban J connectivity index is 1.56. The Labute approximate surface area is 171 Å². The van der Waals surface area contributed by atoms with Crippen molar-refractivity contribution in [2.24, 2.45) is 0 Å². The van der Waals surface area contributed by atoms with Gasteiger partial charge in [-0.1, -0.05) is 0 Å². The van der Waals surface area contributed by atoms with Crippen LogP contribution in [0, 0.1) is 0 Å². The molecule has 2 aromatic carbocycles.